The number of anilines is 1. The van der Waals surface area contributed by atoms with Gasteiger partial charge in [0.2, 0.25) is 6.79 Å². The van der Waals surface area contributed by atoms with Crippen molar-refractivity contribution in [2.24, 2.45) is 0 Å². The van der Waals surface area contributed by atoms with Crippen LogP contribution in [0, 0.1) is 10.1 Å². The molecule has 9 nitrogen and oxygen atoms in total. The van der Waals surface area contributed by atoms with Gasteiger partial charge < -0.3 is 19.5 Å². The van der Waals surface area contributed by atoms with E-state index in [0.29, 0.717) is 27.2 Å². The molecule has 0 saturated carbocycles. The summed E-state index contributed by atoms with van der Waals surface area (Å²) in [5.74, 6) is -0.0627. The number of fused-ring (bicyclic) bond motifs is 1. The molecule has 28 heavy (non-hydrogen) atoms. The molecule has 2 aromatic rings. The lowest BCUT2D eigenvalue weighted by Crippen LogP contribution is -2.20. The van der Waals surface area contributed by atoms with Crippen molar-refractivity contribution in [1.29, 1.82) is 0 Å². The van der Waals surface area contributed by atoms with E-state index >= 15 is 0 Å². The number of ether oxygens (including phenoxy) is 3. The number of carbonyl (C=O) groups excluding carboxylic acids is 2. The summed E-state index contributed by atoms with van der Waals surface area (Å²) >= 11 is 3.14. The van der Waals surface area contributed by atoms with Gasteiger partial charge in [0.1, 0.15) is 0 Å². The summed E-state index contributed by atoms with van der Waals surface area (Å²) < 4.78 is 15.7. The van der Waals surface area contributed by atoms with Crippen LogP contribution in [0.4, 0.5) is 11.4 Å². The minimum Gasteiger partial charge on any atom is -0.454 e. The Morgan fingerprint density at radius 2 is 2.00 bits per heavy atom. The minimum atomic E-state index is -0.699. The number of nitro groups is 1. The minimum absolute atomic E-state index is 0.120. The molecular weight excluding hydrogens is 436 g/mol. The second-order valence-corrected chi connectivity index (χ2v) is 6.38. The molecule has 1 aliphatic rings. The number of hydrogen-bond acceptors (Lipinski definition) is 7. The highest BCUT2D eigenvalue weighted by molar-refractivity contribution is 9.10. The Morgan fingerprint density at radius 1 is 1.21 bits per heavy atom. The summed E-state index contributed by atoms with van der Waals surface area (Å²) in [4.78, 5) is 33.8. The quantitative estimate of drug-likeness (QED) is 0.311. The number of nitro benzene ring substituents is 1. The van der Waals surface area contributed by atoms with Crippen molar-refractivity contribution in [3.05, 3.63) is 62.6 Å². The second kappa shape index (κ2) is 8.53. The first-order valence-corrected chi connectivity index (χ1v) is 8.70. The maximum Gasteiger partial charge on any atom is 0.331 e. The van der Waals surface area contributed by atoms with Crippen LogP contribution in [-0.4, -0.2) is 30.2 Å². The Morgan fingerprint density at radius 3 is 2.75 bits per heavy atom. The van der Waals surface area contributed by atoms with Crippen molar-refractivity contribution in [3.8, 4) is 11.5 Å². The fourth-order valence-corrected chi connectivity index (χ4v) is 2.74. The fraction of sp³-hybridized carbons (Fsp3) is 0.111. The maximum atomic E-state index is 11.9. The third kappa shape index (κ3) is 4.86. The van der Waals surface area contributed by atoms with Gasteiger partial charge in [-0.15, -0.1) is 0 Å². The first-order chi connectivity index (χ1) is 13.4. The van der Waals surface area contributed by atoms with Crippen LogP contribution >= 0.6 is 15.9 Å². The topological polar surface area (TPSA) is 117 Å². The summed E-state index contributed by atoms with van der Waals surface area (Å²) in [6.45, 7) is -0.349. The van der Waals surface area contributed by atoms with Crippen molar-refractivity contribution in [2.45, 2.75) is 0 Å². The van der Waals surface area contributed by atoms with Crippen molar-refractivity contribution < 1.29 is 28.7 Å². The van der Waals surface area contributed by atoms with Crippen LogP contribution in [0.5, 0.6) is 11.5 Å². The number of esters is 1. The third-order valence-electron chi connectivity index (χ3n) is 3.59. The number of carbonyl (C=O) groups is 2. The molecular formula is C18H13BrN2O7. The largest absolute Gasteiger partial charge is 0.454 e. The Labute approximate surface area is 167 Å². The van der Waals surface area contributed by atoms with Crippen LogP contribution in [0.25, 0.3) is 6.08 Å². The zero-order valence-corrected chi connectivity index (χ0v) is 15.8. The van der Waals surface area contributed by atoms with Gasteiger partial charge in [0, 0.05) is 22.7 Å². The molecule has 0 aromatic heterocycles. The first-order valence-electron chi connectivity index (χ1n) is 7.90. The van der Waals surface area contributed by atoms with Gasteiger partial charge in [-0.25, -0.2) is 4.79 Å². The van der Waals surface area contributed by atoms with Crippen LogP contribution in [-0.2, 0) is 14.3 Å². The Kier molecular flexibility index (Phi) is 5.90. The molecule has 0 unspecified atom stereocenters. The van der Waals surface area contributed by atoms with Crippen LogP contribution in [0.2, 0.25) is 0 Å². The summed E-state index contributed by atoms with van der Waals surface area (Å²) in [6.07, 6.45) is 2.71. The number of nitrogens with zero attached hydrogens (tertiary/aromatic N) is 1. The molecule has 0 radical (unpaired) electrons. The lowest BCUT2D eigenvalue weighted by atomic mass is 10.2. The third-order valence-corrected chi connectivity index (χ3v) is 4.25. The van der Waals surface area contributed by atoms with E-state index < -0.39 is 23.4 Å². The monoisotopic (exact) mass is 448 g/mol. The zero-order valence-electron chi connectivity index (χ0n) is 14.2. The number of rotatable bonds is 6. The summed E-state index contributed by atoms with van der Waals surface area (Å²) in [7, 11) is 0. The Bertz CT molecular complexity index is 974. The highest BCUT2D eigenvalue weighted by Gasteiger charge is 2.13. The fourth-order valence-electron chi connectivity index (χ4n) is 2.27. The molecule has 0 aliphatic carbocycles. The van der Waals surface area contributed by atoms with Gasteiger partial charge in [-0.3, -0.25) is 14.9 Å². The highest BCUT2D eigenvalue weighted by atomic mass is 79.9. The standard InChI is InChI=1S/C18H13BrN2O7/c19-13-8-12(21(24)25)3-4-14(13)20-17(22)9-26-18(23)6-2-11-1-5-15-16(7-11)28-10-27-15/h1-8H,9-10H2,(H,20,22)/b6-2+. The van der Waals surface area contributed by atoms with Crippen molar-refractivity contribution in [2.75, 3.05) is 18.7 Å². The number of amides is 1. The average molecular weight is 449 g/mol. The average Bonchev–Trinajstić information content (AvgIpc) is 3.14. The molecule has 2 aromatic carbocycles. The second-order valence-electron chi connectivity index (χ2n) is 5.52. The molecule has 144 valence electrons. The number of benzene rings is 2. The number of non-ortho nitro benzene ring substituents is 1. The van der Waals surface area contributed by atoms with Gasteiger partial charge in [0.15, 0.2) is 18.1 Å². The molecule has 1 N–H and O–H groups in total. The van der Waals surface area contributed by atoms with Gasteiger partial charge >= 0.3 is 5.97 Å². The molecule has 3 rings (SSSR count). The molecule has 10 heteroatoms. The van der Waals surface area contributed by atoms with E-state index in [2.05, 4.69) is 21.2 Å². The van der Waals surface area contributed by atoms with Gasteiger partial charge in [-0.05, 0) is 45.8 Å². The predicted octanol–water partition coefficient (Wildman–Crippen LogP) is 3.28. The number of hydrogen-bond donors (Lipinski definition) is 1. The summed E-state index contributed by atoms with van der Waals surface area (Å²) in [5.41, 5.74) is 0.910. The molecule has 0 saturated heterocycles. The zero-order chi connectivity index (χ0) is 20.1. The van der Waals surface area contributed by atoms with E-state index in [9.17, 15) is 19.7 Å². The number of nitrogens with one attached hydrogen (secondary N) is 1. The van der Waals surface area contributed by atoms with Crippen molar-refractivity contribution >= 4 is 45.3 Å². The van der Waals surface area contributed by atoms with Gasteiger partial charge in [-0.2, -0.15) is 0 Å². The predicted molar refractivity (Wildman–Crippen MR) is 102 cm³/mol. The Balaban J connectivity index is 1.50. The molecule has 0 atom stereocenters. The van der Waals surface area contributed by atoms with Crippen LogP contribution in [0.15, 0.2) is 46.9 Å². The molecule has 1 amide bonds. The van der Waals surface area contributed by atoms with E-state index in [1.165, 1.54) is 30.4 Å². The van der Waals surface area contributed by atoms with E-state index in [1.807, 2.05) is 0 Å². The van der Waals surface area contributed by atoms with E-state index in [0.717, 1.165) is 0 Å². The molecule has 0 fully saturated rings. The van der Waals surface area contributed by atoms with Crippen molar-refractivity contribution in [3.63, 3.8) is 0 Å². The van der Waals surface area contributed by atoms with Gasteiger partial charge in [-0.1, -0.05) is 6.07 Å². The Hall–Kier alpha value is -3.40. The molecule has 1 aliphatic heterocycles. The molecule has 0 bridgehead atoms. The summed E-state index contributed by atoms with van der Waals surface area (Å²) in [6, 6.07) is 9.07. The molecule has 0 spiro atoms. The van der Waals surface area contributed by atoms with E-state index in [1.54, 1.807) is 18.2 Å². The summed E-state index contributed by atoms with van der Waals surface area (Å²) in [5, 5.41) is 13.2. The SMILES string of the molecule is O=C(COC(=O)/C=C/c1ccc2c(c1)OCO2)Nc1ccc([N+](=O)[O-])cc1Br. The van der Waals surface area contributed by atoms with E-state index in [4.69, 9.17) is 14.2 Å². The van der Waals surface area contributed by atoms with E-state index in [-0.39, 0.29) is 12.5 Å². The van der Waals surface area contributed by atoms with Crippen LogP contribution < -0.4 is 14.8 Å². The van der Waals surface area contributed by atoms with Crippen molar-refractivity contribution in [1.82, 2.24) is 0 Å². The maximum absolute atomic E-state index is 11.9. The van der Waals surface area contributed by atoms with Gasteiger partial charge in [0.05, 0.1) is 10.6 Å². The lowest BCUT2D eigenvalue weighted by molar-refractivity contribution is -0.384. The highest BCUT2D eigenvalue weighted by Crippen LogP contribution is 2.32. The van der Waals surface area contributed by atoms with Gasteiger partial charge in [0.25, 0.3) is 11.6 Å². The smallest absolute Gasteiger partial charge is 0.331 e. The first kappa shape index (κ1) is 19.4. The number of halogens is 1. The van der Waals surface area contributed by atoms with Crippen LogP contribution in [0.1, 0.15) is 5.56 Å². The molecule has 1 heterocycles. The lowest BCUT2D eigenvalue weighted by Gasteiger charge is -2.07. The normalized spacial score (nSPS) is 12.0. The van der Waals surface area contributed by atoms with Crippen LogP contribution in [0.3, 0.4) is 0 Å².